The molecule has 2 N–H and O–H groups in total. The molecule has 29 heavy (non-hydrogen) atoms. The van der Waals surface area contributed by atoms with E-state index in [1.54, 1.807) is 19.1 Å². The number of aromatic nitrogens is 1. The van der Waals surface area contributed by atoms with Gasteiger partial charge in [-0.1, -0.05) is 17.3 Å². The highest BCUT2D eigenvalue weighted by Gasteiger charge is 2.29. The van der Waals surface area contributed by atoms with Gasteiger partial charge in [0.2, 0.25) is 11.8 Å². The predicted molar refractivity (Wildman–Crippen MR) is 100 cm³/mol. The molecule has 0 spiro atoms. The molecule has 0 radical (unpaired) electrons. The highest BCUT2D eigenvalue weighted by atomic mass is 19.4. The fraction of sp³-hybridized carbons (Fsp3) is 0.263. The van der Waals surface area contributed by atoms with Crippen LogP contribution in [0, 0.1) is 10.8 Å². The van der Waals surface area contributed by atoms with Gasteiger partial charge in [0.05, 0.1) is 11.3 Å². The molecule has 1 aromatic heterocycles. The second-order valence-electron chi connectivity index (χ2n) is 5.90. The van der Waals surface area contributed by atoms with Crippen molar-refractivity contribution in [3.63, 3.8) is 0 Å². The maximum atomic E-state index is 12.5. The zero-order valence-electron chi connectivity index (χ0n) is 15.7. The van der Waals surface area contributed by atoms with Gasteiger partial charge < -0.3 is 14.3 Å². The van der Waals surface area contributed by atoms with Crippen LogP contribution in [-0.2, 0) is 22.4 Å². The van der Waals surface area contributed by atoms with Crippen molar-refractivity contribution in [2.45, 2.75) is 26.6 Å². The maximum Gasteiger partial charge on any atom is 0.416 e. The molecule has 0 fully saturated rings. The van der Waals surface area contributed by atoms with E-state index in [0.717, 1.165) is 12.1 Å². The summed E-state index contributed by atoms with van der Waals surface area (Å²) in [6.45, 7) is 2.97. The van der Waals surface area contributed by atoms with Crippen LogP contribution in [0.2, 0.25) is 0 Å². The van der Waals surface area contributed by atoms with Crippen LogP contribution >= 0.6 is 0 Å². The van der Waals surface area contributed by atoms with Crippen molar-refractivity contribution in [2.24, 2.45) is 5.16 Å². The average Bonchev–Trinajstić information content (AvgIpc) is 2.66. The number of halogens is 3. The Balaban J connectivity index is 1.86. The molecule has 0 bridgehead atoms. The second kappa shape index (κ2) is 9.67. The molecule has 0 unspecified atom stereocenters. The molecule has 0 aliphatic heterocycles. The van der Waals surface area contributed by atoms with Crippen LogP contribution in [0.1, 0.15) is 30.5 Å². The van der Waals surface area contributed by atoms with Gasteiger partial charge in [0.1, 0.15) is 6.61 Å². The summed E-state index contributed by atoms with van der Waals surface area (Å²) in [4.78, 5) is 9.27. The predicted octanol–water partition coefficient (Wildman–Crippen LogP) is 4.41. The van der Waals surface area contributed by atoms with E-state index in [2.05, 4.69) is 10.1 Å². The first kappa shape index (κ1) is 21.9. The van der Waals surface area contributed by atoms with E-state index in [0.29, 0.717) is 16.8 Å². The normalized spacial score (nSPS) is 11.7. The molecule has 7 nitrogen and oxygen atoms in total. The first-order chi connectivity index (χ1) is 13.6. The number of rotatable bonds is 7. The number of alkyl halides is 3. The second-order valence-corrected chi connectivity index (χ2v) is 5.90. The SMILES string of the molecule is CC(=N)OC(=N)COc1ccc(/C(C)=N/OCc2ccc(C(F)(F)F)cc2)cn1. The average molecular weight is 408 g/mol. The third-order valence-electron chi connectivity index (χ3n) is 3.50. The summed E-state index contributed by atoms with van der Waals surface area (Å²) < 4.78 is 47.6. The lowest BCUT2D eigenvalue weighted by atomic mass is 10.1. The molecule has 2 aromatic rings. The minimum atomic E-state index is -4.37. The molecule has 154 valence electrons. The van der Waals surface area contributed by atoms with E-state index in [1.807, 2.05) is 0 Å². The van der Waals surface area contributed by atoms with Crippen LogP contribution in [0.4, 0.5) is 13.2 Å². The van der Waals surface area contributed by atoms with Crippen LogP contribution < -0.4 is 4.74 Å². The number of nitrogens with one attached hydrogen (secondary N) is 2. The monoisotopic (exact) mass is 408 g/mol. The van der Waals surface area contributed by atoms with Crippen molar-refractivity contribution in [1.29, 1.82) is 10.8 Å². The topological polar surface area (TPSA) is 101 Å². The highest BCUT2D eigenvalue weighted by Crippen LogP contribution is 2.29. The van der Waals surface area contributed by atoms with Crippen LogP contribution in [0.3, 0.4) is 0 Å². The molecule has 0 saturated heterocycles. The highest BCUT2D eigenvalue weighted by molar-refractivity contribution is 5.98. The summed E-state index contributed by atoms with van der Waals surface area (Å²) in [5, 5.41) is 18.5. The minimum Gasteiger partial charge on any atom is -0.468 e. The number of pyridine rings is 1. The molecule has 0 aliphatic rings. The number of oxime groups is 1. The standard InChI is InChI=1S/C19H19F3N4O3/c1-12(26-28-10-14-3-6-16(7-4-14)19(20,21)22)15-5-8-18(25-9-15)27-11-17(24)29-13(2)23/h3-9,23-24H,10-11H2,1-2H3/b23-13?,24-17?,26-12+. The summed E-state index contributed by atoms with van der Waals surface area (Å²) in [6, 6.07) is 7.92. The third kappa shape index (κ3) is 7.24. The summed E-state index contributed by atoms with van der Waals surface area (Å²) in [5.41, 5.74) is 1.02. The Morgan fingerprint density at radius 3 is 2.31 bits per heavy atom. The van der Waals surface area contributed by atoms with E-state index >= 15 is 0 Å². The van der Waals surface area contributed by atoms with Crippen molar-refractivity contribution >= 4 is 17.5 Å². The zero-order chi connectivity index (χ0) is 21.4. The fourth-order valence-corrected chi connectivity index (χ4v) is 2.08. The van der Waals surface area contributed by atoms with Crippen molar-refractivity contribution in [3.05, 3.63) is 59.3 Å². The van der Waals surface area contributed by atoms with E-state index in [4.69, 9.17) is 25.1 Å². The van der Waals surface area contributed by atoms with Gasteiger partial charge in [-0.2, -0.15) is 13.2 Å². The van der Waals surface area contributed by atoms with Crippen LogP contribution in [-0.4, -0.2) is 29.1 Å². The van der Waals surface area contributed by atoms with Gasteiger partial charge in [-0.3, -0.25) is 10.8 Å². The van der Waals surface area contributed by atoms with Crippen molar-refractivity contribution in [3.8, 4) is 5.88 Å². The number of ether oxygens (including phenoxy) is 2. The maximum absolute atomic E-state index is 12.5. The van der Waals surface area contributed by atoms with Gasteiger partial charge in [-0.05, 0) is 30.7 Å². The largest absolute Gasteiger partial charge is 0.468 e. The van der Waals surface area contributed by atoms with Gasteiger partial charge in [0, 0.05) is 24.8 Å². The molecule has 1 heterocycles. The Hall–Kier alpha value is -3.43. The lowest BCUT2D eigenvalue weighted by molar-refractivity contribution is -0.137. The molecule has 0 saturated carbocycles. The number of nitrogens with zero attached hydrogens (tertiary/aromatic N) is 2. The summed E-state index contributed by atoms with van der Waals surface area (Å²) >= 11 is 0. The fourth-order valence-electron chi connectivity index (χ4n) is 2.08. The van der Waals surface area contributed by atoms with Gasteiger partial charge in [0.15, 0.2) is 12.5 Å². The number of benzene rings is 1. The Labute approximate surface area is 165 Å². The Morgan fingerprint density at radius 1 is 1.07 bits per heavy atom. The summed E-state index contributed by atoms with van der Waals surface area (Å²) in [6.07, 6.45) is -2.87. The van der Waals surface area contributed by atoms with E-state index < -0.39 is 11.7 Å². The zero-order valence-corrected chi connectivity index (χ0v) is 15.7. The summed E-state index contributed by atoms with van der Waals surface area (Å²) in [5.74, 6) is -0.0500. The van der Waals surface area contributed by atoms with Crippen LogP contribution in [0.25, 0.3) is 0 Å². The number of hydrogen-bond acceptors (Lipinski definition) is 7. The lowest BCUT2D eigenvalue weighted by Gasteiger charge is -2.08. The molecule has 10 heteroatoms. The number of hydrogen-bond donors (Lipinski definition) is 2. The van der Waals surface area contributed by atoms with E-state index in [1.165, 1.54) is 25.3 Å². The molecular weight excluding hydrogens is 389 g/mol. The van der Waals surface area contributed by atoms with E-state index in [9.17, 15) is 13.2 Å². The third-order valence-corrected chi connectivity index (χ3v) is 3.50. The van der Waals surface area contributed by atoms with E-state index in [-0.39, 0.29) is 30.9 Å². The van der Waals surface area contributed by atoms with Gasteiger partial charge >= 0.3 is 6.18 Å². The summed E-state index contributed by atoms with van der Waals surface area (Å²) in [7, 11) is 0. The minimum absolute atomic E-state index is 0.0264. The van der Waals surface area contributed by atoms with Gasteiger partial charge in [-0.25, -0.2) is 4.98 Å². The quantitative estimate of drug-likeness (QED) is 0.403. The van der Waals surface area contributed by atoms with Crippen molar-refractivity contribution in [1.82, 2.24) is 4.98 Å². The Morgan fingerprint density at radius 2 is 1.76 bits per heavy atom. The smallest absolute Gasteiger partial charge is 0.416 e. The molecule has 2 rings (SSSR count). The molecular formula is C19H19F3N4O3. The Kier molecular flexibility index (Phi) is 7.29. The molecule has 0 aliphatic carbocycles. The molecule has 1 aromatic carbocycles. The molecule has 0 atom stereocenters. The van der Waals surface area contributed by atoms with Gasteiger partial charge in [-0.15, -0.1) is 0 Å². The first-order valence-electron chi connectivity index (χ1n) is 8.37. The van der Waals surface area contributed by atoms with Crippen LogP contribution in [0.15, 0.2) is 47.8 Å². The van der Waals surface area contributed by atoms with Crippen molar-refractivity contribution in [2.75, 3.05) is 6.61 Å². The molecule has 0 amide bonds. The van der Waals surface area contributed by atoms with Crippen molar-refractivity contribution < 1.29 is 27.5 Å². The van der Waals surface area contributed by atoms with Gasteiger partial charge in [0.25, 0.3) is 0 Å². The van der Waals surface area contributed by atoms with Crippen LogP contribution in [0.5, 0.6) is 5.88 Å². The first-order valence-corrected chi connectivity index (χ1v) is 8.37. The lowest BCUT2D eigenvalue weighted by Crippen LogP contribution is -2.16. The Bertz CT molecular complexity index is 879.